The lowest BCUT2D eigenvalue weighted by atomic mass is 10.1. The predicted octanol–water partition coefficient (Wildman–Crippen LogP) is 2.15. The van der Waals surface area contributed by atoms with Crippen molar-refractivity contribution in [3.05, 3.63) is 22.6 Å². The monoisotopic (exact) mass is 154 g/mol. The summed E-state index contributed by atoms with van der Waals surface area (Å²) in [6, 6.07) is 0. The number of aldehydes is 1. The zero-order valence-corrected chi connectivity index (χ0v) is 6.78. The van der Waals surface area contributed by atoms with E-state index >= 15 is 0 Å². The Labute approximate surface area is 65.2 Å². The quantitative estimate of drug-likeness (QED) is 0.567. The molecule has 1 aliphatic carbocycles. The molecule has 1 aliphatic rings. The zero-order chi connectivity index (χ0) is 7.40. The molecule has 54 valence electrons. The van der Waals surface area contributed by atoms with E-state index in [-0.39, 0.29) is 0 Å². The van der Waals surface area contributed by atoms with Crippen molar-refractivity contribution in [2.24, 2.45) is 0 Å². The fourth-order valence-electron chi connectivity index (χ4n) is 0.987. The van der Waals surface area contributed by atoms with E-state index in [1.807, 2.05) is 18.4 Å². The Morgan fingerprint density at radius 1 is 1.70 bits per heavy atom. The number of hydrogen-bond donors (Lipinski definition) is 0. The molecule has 0 fully saturated rings. The SMILES string of the molecule is CSC1=C(C=O)C=CCC1. The van der Waals surface area contributed by atoms with Crippen molar-refractivity contribution in [3.63, 3.8) is 0 Å². The van der Waals surface area contributed by atoms with Crippen LogP contribution < -0.4 is 0 Å². The maximum absolute atomic E-state index is 10.4. The van der Waals surface area contributed by atoms with E-state index in [0.717, 1.165) is 24.7 Å². The minimum absolute atomic E-state index is 0.860. The Balaban J connectivity index is 2.83. The van der Waals surface area contributed by atoms with Crippen molar-refractivity contribution in [3.8, 4) is 0 Å². The molecule has 0 atom stereocenters. The van der Waals surface area contributed by atoms with Gasteiger partial charge in [0.05, 0.1) is 0 Å². The van der Waals surface area contributed by atoms with Crippen LogP contribution in [0.15, 0.2) is 22.6 Å². The van der Waals surface area contributed by atoms with E-state index in [1.54, 1.807) is 11.8 Å². The summed E-state index contributed by atoms with van der Waals surface area (Å²) in [4.78, 5) is 11.6. The molecule has 1 nitrogen and oxygen atoms in total. The number of thioether (sulfide) groups is 1. The molecule has 2 heteroatoms. The van der Waals surface area contributed by atoms with Gasteiger partial charge in [-0.3, -0.25) is 4.79 Å². The van der Waals surface area contributed by atoms with Crippen molar-refractivity contribution < 1.29 is 4.79 Å². The fraction of sp³-hybridized carbons (Fsp3) is 0.375. The number of hydrogen-bond acceptors (Lipinski definition) is 2. The summed E-state index contributed by atoms with van der Waals surface area (Å²) in [5.41, 5.74) is 0.860. The summed E-state index contributed by atoms with van der Waals surface area (Å²) < 4.78 is 0. The smallest absolute Gasteiger partial charge is 0.150 e. The first-order chi connectivity index (χ1) is 4.88. The lowest BCUT2D eigenvalue weighted by Crippen LogP contribution is -1.91. The highest BCUT2D eigenvalue weighted by molar-refractivity contribution is 8.02. The van der Waals surface area contributed by atoms with Crippen molar-refractivity contribution in [2.45, 2.75) is 12.8 Å². The van der Waals surface area contributed by atoms with Gasteiger partial charge in [0.15, 0.2) is 6.29 Å². The highest BCUT2D eigenvalue weighted by Crippen LogP contribution is 2.25. The van der Waals surface area contributed by atoms with Gasteiger partial charge in [-0.1, -0.05) is 12.2 Å². The first-order valence-electron chi connectivity index (χ1n) is 3.27. The van der Waals surface area contributed by atoms with Crippen LogP contribution >= 0.6 is 11.8 Å². The van der Waals surface area contributed by atoms with Crippen LogP contribution in [-0.4, -0.2) is 12.5 Å². The van der Waals surface area contributed by atoms with Crippen LogP contribution in [0.2, 0.25) is 0 Å². The van der Waals surface area contributed by atoms with E-state index in [1.165, 1.54) is 4.91 Å². The zero-order valence-electron chi connectivity index (χ0n) is 5.96. The van der Waals surface area contributed by atoms with Gasteiger partial charge < -0.3 is 0 Å². The molecular formula is C8H10OS. The minimum Gasteiger partial charge on any atom is -0.298 e. The van der Waals surface area contributed by atoms with Gasteiger partial charge in [-0.2, -0.15) is 0 Å². The van der Waals surface area contributed by atoms with Crippen molar-refractivity contribution in [1.29, 1.82) is 0 Å². The van der Waals surface area contributed by atoms with E-state index in [9.17, 15) is 4.79 Å². The molecule has 0 spiro atoms. The molecule has 0 aliphatic heterocycles. The summed E-state index contributed by atoms with van der Waals surface area (Å²) in [5, 5.41) is 0. The van der Waals surface area contributed by atoms with E-state index < -0.39 is 0 Å². The summed E-state index contributed by atoms with van der Waals surface area (Å²) in [7, 11) is 0. The maximum Gasteiger partial charge on any atom is 0.150 e. The Bertz CT molecular complexity index is 191. The molecule has 0 heterocycles. The Hall–Kier alpha value is -0.500. The molecular weight excluding hydrogens is 144 g/mol. The third-order valence-electron chi connectivity index (χ3n) is 1.53. The van der Waals surface area contributed by atoms with Gasteiger partial charge in [-0.15, -0.1) is 11.8 Å². The second-order valence-electron chi connectivity index (χ2n) is 2.14. The van der Waals surface area contributed by atoms with Crippen LogP contribution in [0, 0.1) is 0 Å². The standard InChI is InChI=1S/C8H10OS/c1-10-8-5-3-2-4-7(8)6-9/h2,4,6H,3,5H2,1H3. The third-order valence-corrected chi connectivity index (χ3v) is 2.46. The Morgan fingerprint density at radius 3 is 3.00 bits per heavy atom. The second kappa shape index (κ2) is 3.62. The van der Waals surface area contributed by atoms with Crippen molar-refractivity contribution in [2.75, 3.05) is 6.26 Å². The van der Waals surface area contributed by atoms with Gasteiger partial charge in [0, 0.05) is 5.57 Å². The van der Waals surface area contributed by atoms with Gasteiger partial charge in [-0.25, -0.2) is 0 Å². The first-order valence-corrected chi connectivity index (χ1v) is 4.50. The van der Waals surface area contributed by atoms with Gasteiger partial charge >= 0.3 is 0 Å². The second-order valence-corrected chi connectivity index (χ2v) is 3.04. The van der Waals surface area contributed by atoms with E-state index in [0.29, 0.717) is 0 Å². The maximum atomic E-state index is 10.4. The molecule has 0 saturated heterocycles. The fourth-order valence-corrected chi connectivity index (χ4v) is 1.66. The Kier molecular flexibility index (Phi) is 2.75. The molecule has 0 amide bonds. The topological polar surface area (TPSA) is 17.1 Å². The molecule has 10 heavy (non-hydrogen) atoms. The van der Waals surface area contributed by atoms with Crippen molar-refractivity contribution in [1.82, 2.24) is 0 Å². The summed E-state index contributed by atoms with van der Waals surface area (Å²) in [6.07, 6.45) is 9.00. The molecule has 0 aromatic heterocycles. The molecule has 0 saturated carbocycles. The average Bonchev–Trinajstić information content (AvgIpc) is 2.04. The van der Waals surface area contributed by atoms with Crippen LogP contribution in [0.4, 0.5) is 0 Å². The molecule has 1 rings (SSSR count). The molecule has 0 N–H and O–H groups in total. The van der Waals surface area contributed by atoms with Crippen LogP contribution in [0.5, 0.6) is 0 Å². The molecule has 0 aromatic carbocycles. The number of rotatable bonds is 2. The molecule has 0 radical (unpaired) electrons. The predicted molar refractivity (Wildman–Crippen MR) is 45.0 cm³/mol. The average molecular weight is 154 g/mol. The highest BCUT2D eigenvalue weighted by atomic mass is 32.2. The van der Waals surface area contributed by atoms with E-state index in [2.05, 4.69) is 0 Å². The molecule has 0 unspecified atom stereocenters. The lowest BCUT2D eigenvalue weighted by Gasteiger charge is -2.08. The van der Waals surface area contributed by atoms with Crippen LogP contribution in [-0.2, 0) is 4.79 Å². The van der Waals surface area contributed by atoms with E-state index in [4.69, 9.17) is 0 Å². The summed E-state index contributed by atoms with van der Waals surface area (Å²) in [6.45, 7) is 0. The number of allylic oxidation sites excluding steroid dienone is 4. The number of carbonyl (C=O) groups excluding carboxylic acids is 1. The molecule has 0 aromatic rings. The van der Waals surface area contributed by atoms with Gasteiger partial charge in [0.1, 0.15) is 0 Å². The van der Waals surface area contributed by atoms with Gasteiger partial charge in [-0.05, 0) is 24.0 Å². The highest BCUT2D eigenvalue weighted by Gasteiger charge is 2.04. The van der Waals surface area contributed by atoms with Gasteiger partial charge in [0.2, 0.25) is 0 Å². The van der Waals surface area contributed by atoms with Crippen LogP contribution in [0.1, 0.15) is 12.8 Å². The van der Waals surface area contributed by atoms with Gasteiger partial charge in [0.25, 0.3) is 0 Å². The Morgan fingerprint density at radius 2 is 2.50 bits per heavy atom. The number of carbonyl (C=O) groups is 1. The van der Waals surface area contributed by atoms with Crippen LogP contribution in [0.3, 0.4) is 0 Å². The van der Waals surface area contributed by atoms with Crippen molar-refractivity contribution >= 4 is 18.0 Å². The normalized spacial score (nSPS) is 17.7. The third kappa shape index (κ3) is 1.51. The minimum atomic E-state index is 0.860. The summed E-state index contributed by atoms with van der Waals surface area (Å²) in [5.74, 6) is 0. The first kappa shape index (κ1) is 7.61. The largest absolute Gasteiger partial charge is 0.298 e. The lowest BCUT2D eigenvalue weighted by molar-refractivity contribution is -0.104. The summed E-state index contributed by atoms with van der Waals surface area (Å²) >= 11 is 1.68. The van der Waals surface area contributed by atoms with Crippen LogP contribution in [0.25, 0.3) is 0 Å². The molecule has 0 bridgehead atoms.